The molecule has 3 heterocycles. The van der Waals surface area contributed by atoms with Crippen LogP contribution in [0.2, 0.25) is 0 Å². The zero-order chi connectivity index (χ0) is 18.1. The first kappa shape index (κ1) is 16.8. The summed E-state index contributed by atoms with van der Waals surface area (Å²) in [7, 11) is 0. The smallest absolute Gasteiger partial charge is 0.158 e. The van der Waals surface area contributed by atoms with Crippen LogP contribution in [0.1, 0.15) is 12.0 Å². The second kappa shape index (κ2) is 6.91. The van der Waals surface area contributed by atoms with Gasteiger partial charge in [0.25, 0.3) is 0 Å². The fraction of sp³-hybridized carbons (Fsp3) is 0.333. The van der Waals surface area contributed by atoms with Crippen molar-refractivity contribution in [1.82, 2.24) is 19.5 Å². The molecule has 2 atom stereocenters. The number of hydrogen-bond acceptors (Lipinski definition) is 7. The maximum Gasteiger partial charge on any atom is 0.158 e. The molecule has 0 saturated carbocycles. The van der Waals surface area contributed by atoms with Gasteiger partial charge in [0.15, 0.2) is 5.82 Å². The summed E-state index contributed by atoms with van der Waals surface area (Å²) in [5.41, 5.74) is 8.58. The van der Waals surface area contributed by atoms with Crippen LogP contribution in [0.4, 0.5) is 11.5 Å². The van der Waals surface area contributed by atoms with Gasteiger partial charge in [0.05, 0.1) is 6.10 Å². The van der Waals surface area contributed by atoms with Crippen molar-refractivity contribution in [3.05, 3.63) is 48.4 Å². The Morgan fingerprint density at radius 3 is 3.00 bits per heavy atom. The van der Waals surface area contributed by atoms with E-state index >= 15 is 0 Å². The van der Waals surface area contributed by atoms with E-state index in [0.717, 1.165) is 29.7 Å². The maximum absolute atomic E-state index is 10.0. The second-order valence-corrected chi connectivity index (χ2v) is 6.67. The Balaban J connectivity index is 1.62. The molecule has 136 valence electrons. The average molecular weight is 354 g/mol. The zero-order valence-corrected chi connectivity index (χ0v) is 14.3. The van der Waals surface area contributed by atoms with Gasteiger partial charge in [0, 0.05) is 43.6 Å². The van der Waals surface area contributed by atoms with Gasteiger partial charge >= 0.3 is 0 Å². The number of hydrogen-bond donors (Lipinski definition) is 4. The molecule has 1 saturated heterocycles. The first-order valence-corrected chi connectivity index (χ1v) is 8.63. The van der Waals surface area contributed by atoms with Gasteiger partial charge in [-0.1, -0.05) is 6.07 Å². The number of anilines is 2. The number of aromatic hydroxyl groups is 1. The van der Waals surface area contributed by atoms with Crippen molar-refractivity contribution < 1.29 is 10.2 Å². The lowest BCUT2D eigenvalue weighted by Gasteiger charge is -2.33. The van der Waals surface area contributed by atoms with Gasteiger partial charge in [-0.25, -0.2) is 9.50 Å². The lowest BCUT2D eigenvalue weighted by atomic mass is 10.0. The van der Waals surface area contributed by atoms with Crippen LogP contribution in [-0.2, 0) is 6.54 Å². The molecule has 4 rings (SSSR count). The number of nitrogens with two attached hydrogens (primary N) is 1. The van der Waals surface area contributed by atoms with E-state index in [4.69, 9.17) is 5.73 Å². The molecule has 0 amide bonds. The number of piperidine rings is 1. The Hall–Kier alpha value is -2.68. The number of aromatic nitrogens is 3. The van der Waals surface area contributed by atoms with Crippen molar-refractivity contribution in [3.63, 3.8) is 0 Å². The number of rotatable bonds is 4. The van der Waals surface area contributed by atoms with Crippen LogP contribution in [0.15, 0.2) is 42.9 Å². The second-order valence-electron chi connectivity index (χ2n) is 6.67. The highest BCUT2D eigenvalue weighted by molar-refractivity contribution is 5.76. The molecule has 3 aromatic rings. The van der Waals surface area contributed by atoms with Crippen molar-refractivity contribution in [2.75, 3.05) is 18.4 Å². The van der Waals surface area contributed by atoms with Crippen LogP contribution >= 0.6 is 0 Å². The van der Waals surface area contributed by atoms with Crippen LogP contribution in [-0.4, -0.2) is 54.9 Å². The predicted molar refractivity (Wildman–Crippen MR) is 98.3 cm³/mol. The summed E-state index contributed by atoms with van der Waals surface area (Å²) in [5.74, 6) is 0.856. The third kappa shape index (κ3) is 3.34. The molecule has 8 heteroatoms. The van der Waals surface area contributed by atoms with Crippen LogP contribution in [0.25, 0.3) is 5.52 Å². The molecule has 0 bridgehead atoms. The molecule has 8 nitrogen and oxygen atoms in total. The Kier molecular flexibility index (Phi) is 4.46. The van der Waals surface area contributed by atoms with E-state index in [1.54, 1.807) is 22.7 Å². The highest BCUT2D eigenvalue weighted by Gasteiger charge is 2.25. The zero-order valence-electron chi connectivity index (χ0n) is 14.3. The van der Waals surface area contributed by atoms with Gasteiger partial charge in [0.1, 0.15) is 17.6 Å². The van der Waals surface area contributed by atoms with E-state index in [-0.39, 0.29) is 11.8 Å². The number of likely N-dealkylation sites (tertiary alicyclic amines) is 1. The third-order valence-corrected chi connectivity index (χ3v) is 4.76. The number of nitrogens with one attached hydrogen (secondary N) is 1. The average Bonchev–Trinajstić information content (AvgIpc) is 3.02. The normalized spacial score (nSPS) is 21.2. The summed E-state index contributed by atoms with van der Waals surface area (Å²) in [4.78, 5) is 6.56. The number of fused-ring (bicyclic) bond motifs is 1. The van der Waals surface area contributed by atoms with Crippen LogP contribution < -0.4 is 11.1 Å². The number of phenols is 1. The summed E-state index contributed by atoms with van der Waals surface area (Å²) in [6.45, 7) is 2.09. The fourth-order valence-corrected chi connectivity index (χ4v) is 3.36. The predicted octanol–water partition coefficient (Wildman–Crippen LogP) is 1.07. The van der Waals surface area contributed by atoms with E-state index in [1.807, 2.05) is 18.3 Å². The first-order valence-electron chi connectivity index (χ1n) is 8.63. The molecule has 1 fully saturated rings. The topological polar surface area (TPSA) is 112 Å². The van der Waals surface area contributed by atoms with E-state index in [9.17, 15) is 10.2 Å². The lowest BCUT2D eigenvalue weighted by molar-refractivity contribution is 0.0501. The minimum Gasteiger partial charge on any atom is -0.508 e. The molecule has 5 N–H and O–H groups in total. The fourth-order valence-electron chi connectivity index (χ4n) is 3.36. The summed E-state index contributed by atoms with van der Waals surface area (Å²) >= 11 is 0. The van der Waals surface area contributed by atoms with Crippen molar-refractivity contribution in [2.45, 2.75) is 25.1 Å². The molecule has 0 unspecified atom stereocenters. The highest BCUT2D eigenvalue weighted by Crippen LogP contribution is 2.26. The van der Waals surface area contributed by atoms with Gasteiger partial charge in [-0.3, -0.25) is 4.90 Å². The molecule has 1 aliphatic heterocycles. The van der Waals surface area contributed by atoms with E-state index in [1.165, 1.54) is 6.33 Å². The number of nitrogens with zero attached hydrogens (tertiary/aromatic N) is 4. The Morgan fingerprint density at radius 1 is 1.31 bits per heavy atom. The highest BCUT2D eigenvalue weighted by atomic mass is 16.3. The largest absolute Gasteiger partial charge is 0.508 e. The Labute approximate surface area is 150 Å². The monoisotopic (exact) mass is 354 g/mol. The molecule has 2 aromatic heterocycles. The van der Waals surface area contributed by atoms with Gasteiger partial charge in [-0.15, -0.1) is 0 Å². The molecular weight excluding hydrogens is 332 g/mol. The van der Waals surface area contributed by atoms with Gasteiger partial charge in [0.2, 0.25) is 0 Å². The van der Waals surface area contributed by atoms with Crippen molar-refractivity contribution in [2.24, 2.45) is 5.73 Å². The number of phenolic OH excluding ortho intramolecular Hbond substituents is 1. The quantitative estimate of drug-likeness (QED) is 0.554. The Morgan fingerprint density at radius 2 is 2.19 bits per heavy atom. The molecule has 0 radical (unpaired) electrons. The van der Waals surface area contributed by atoms with Gasteiger partial charge in [-0.05, 0) is 30.2 Å². The molecular formula is C18H22N6O2. The summed E-state index contributed by atoms with van der Waals surface area (Å²) in [6, 6.07) is 8.76. The van der Waals surface area contributed by atoms with Crippen molar-refractivity contribution in [1.29, 1.82) is 0 Å². The molecule has 26 heavy (non-hydrogen) atoms. The summed E-state index contributed by atoms with van der Waals surface area (Å²) in [6.07, 6.45) is 3.66. The minimum atomic E-state index is -0.501. The van der Waals surface area contributed by atoms with Crippen LogP contribution in [0.5, 0.6) is 5.75 Å². The SMILES string of the molecule is N[C@@H]1CCN(Cc2ccn3ncnc(Nc4cccc(O)c4)c23)C[C@@H]1O. The van der Waals surface area contributed by atoms with E-state index in [2.05, 4.69) is 20.3 Å². The first-order chi connectivity index (χ1) is 12.6. The molecule has 1 aliphatic rings. The summed E-state index contributed by atoms with van der Waals surface area (Å²) < 4.78 is 1.78. The van der Waals surface area contributed by atoms with Gasteiger partial charge < -0.3 is 21.3 Å². The number of β-amino-alcohol motifs (C(OH)–C–C–N with tert-alkyl or cyclic N) is 1. The summed E-state index contributed by atoms with van der Waals surface area (Å²) in [5, 5.41) is 27.2. The minimum absolute atomic E-state index is 0.150. The maximum atomic E-state index is 10.0. The number of aliphatic hydroxyl groups is 1. The standard InChI is InChI=1S/C18H22N6O2/c19-15-5-6-23(10-16(15)26)9-12-4-7-24-17(12)18(20-11-21-24)22-13-2-1-3-14(25)8-13/h1-4,7-8,11,15-16,25-26H,5-6,9-10,19H2,(H,20,21,22)/t15-,16+/m1/s1. The number of aliphatic hydroxyl groups excluding tert-OH is 1. The molecule has 1 aromatic carbocycles. The van der Waals surface area contributed by atoms with Crippen molar-refractivity contribution >= 4 is 17.0 Å². The van der Waals surface area contributed by atoms with Crippen LogP contribution in [0, 0.1) is 0 Å². The Bertz CT molecular complexity index is 912. The van der Waals surface area contributed by atoms with Gasteiger partial charge in [-0.2, -0.15) is 5.10 Å². The van der Waals surface area contributed by atoms with E-state index < -0.39 is 6.10 Å². The molecule has 0 aliphatic carbocycles. The van der Waals surface area contributed by atoms with Crippen molar-refractivity contribution in [3.8, 4) is 5.75 Å². The lowest BCUT2D eigenvalue weighted by Crippen LogP contribution is -2.50. The van der Waals surface area contributed by atoms with Crippen LogP contribution in [0.3, 0.4) is 0 Å². The third-order valence-electron chi connectivity index (χ3n) is 4.76. The molecule has 0 spiro atoms. The number of benzene rings is 1. The van der Waals surface area contributed by atoms with E-state index in [0.29, 0.717) is 18.9 Å².